The Morgan fingerprint density at radius 3 is 2.19 bits per heavy atom. The average Bonchev–Trinajstić information content (AvgIpc) is 2.53. The standard InChI is InChI=1S/C21H34/c1-4-6-7-8-15-21(3)16-13-20(14-17-21)19-11-9-18(5-2)10-12-19/h9-12,20H,4-8,13-17H2,1-3H3. The maximum absolute atomic E-state index is 2.54. The third-order valence-electron chi connectivity index (χ3n) is 5.69. The van der Waals surface area contributed by atoms with Crippen LogP contribution in [0.4, 0.5) is 0 Å². The van der Waals surface area contributed by atoms with Crippen molar-refractivity contribution in [2.75, 3.05) is 0 Å². The molecule has 1 aromatic carbocycles. The highest BCUT2D eigenvalue weighted by Crippen LogP contribution is 2.45. The molecule has 0 radical (unpaired) electrons. The fourth-order valence-electron chi connectivity index (χ4n) is 3.90. The van der Waals surface area contributed by atoms with Gasteiger partial charge in [0.1, 0.15) is 0 Å². The van der Waals surface area contributed by atoms with Crippen molar-refractivity contribution in [1.29, 1.82) is 0 Å². The first-order valence-corrected chi connectivity index (χ1v) is 9.25. The number of hydrogen-bond acceptors (Lipinski definition) is 0. The molecule has 0 unspecified atom stereocenters. The van der Waals surface area contributed by atoms with Crippen molar-refractivity contribution in [2.45, 2.75) is 90.9 Å². The molecule has 0 aliphatic heterocycles. The maximum atomic E-state index is 2.54. The zero-order valence-electron chi connectivity index (χ0n) is 14.5. The van der Waals surface area contributed by atoms with Gasteiger partial charge in [-0.1, -0.05) is 70.7 Å². The van der Waals surface area contributed by atoms with E-state index in [9.17, 15) is 0 Å². The Bertz CT molecular complexity index is 393. The van der Waals surface area contributed by atoms with Crippen LogP contribution < -0.4 is 0 Å². The minimum absolute atomic E-state index is 0.633. The fraction of sp³-hybridized carbons (Fsp3) is 0.714. The van der Waals surface area contributed by atoms with E-state index in [0.717, 1.165) is 12.3 Å². The van der Waals surface area contributed by atoms with Crippen LogP contribution in [0, 0.1) is 5.41 Å². The van der Waals surface area contributed by atoms with Gasteiger partial charge in [0.25, 0.3) is 0 Å². The summed E-state index contributed by atoms with van der Waals surface area (Å²) in [4.78, 5) is 0. The molecule has 0 saturated heterocycles. The van der Waals surface area contributed by atoms with Crippen LogP contribution in [0.1, 0.15) is 95.6 Å². The molecule has 1 aliphatic rings. The van der Waals surface area contributed by atoms with E-state index >= 15 is 0 Å². The Kier molecular flexibility index (Phi) is 6.33. The van der Waals surface area contributed by atoms with E-state index in [2.05, 4.69) is 45.0 Å². The van der Waals surface area contributed by atoms with Crippen LogP contribution in [0.25, 0.3) is 0 Å². The van der Waals surface area contributed by atoms with E-state index in [1.54, 1.807) is 5.56 Å². The van der Waals surface area contributed by atoms with Gasteiger partial charge in [0.2, 0.25) is 0 Å². The van der Waals surface area contributed by atoms with E-state index < -0.39 is 0 Å². The third kappa shape index (κ3) is 4.87. The van der Waals surface area contributed by atoms with E-state index in [0.29, 0.717) is 5.41 Å². The van der Waals surface area contributed by atoms with Gasteiger partial charge < -0.3 is 0 Å². The van der Waals surface area contributed by atoms with Crippen LogP contribution in [0.5, 0.6) is 0 Å². The van der Waals surface area contributed by atoms with Gasteiger partial charge in [-0.3, -0.25) is 0 Å². The van der Waals surface area contributed by atoms with Crippen LogP contribution >= 0.6 is 0 Å². The van der Waals surface area contributed by atoms with E-state index in [-0.39, 0.29) is 0 Å². The first-order chi connectivity index (χ1) is 10.2. The second-order valence-corrected chi connectivity index (χ2v) is 7.49. The highest BCUT2D eigenvalue weighted by molar-refractivity contribution is 5.25. The molecule has 0 atom stereocenters. The van der Waals surface area contributed by atoms with Crippen molar-refractivity contribution in [1.82, 2.24) is 0 Å². The molecule has 0 spiro atoms. The monoisotopic (exact) mass is 286 g/mol. The second kappa shape index (κ2) is 8.01. The molecule has 1 saturated carbocycles. The molecule has 118 valence electrons. The molecule has 1 aromatic rings. The number of hydrogen-bond donors (Lipinski definition) is 0. The molecular formula is C21H34. The zero-order chi connectivity index (χ0) is 15.1. The molecule has 2 rings (SSSR count). The zero-order valence-corrected chi connectivity index (χ0v) is 14.5. The summed E-state index contributed by atoms with van der Waals surface area (Å²) in [5.74, 6) is 0.819. The van der Waals surface area contributed by atoms with E-state index in [4.69, 9.17) is 0 Å². The van der Waals surface area contributed by atoms with Crippen LogP contribution in [-0.4, -0.2) is 0 Å². The van der Waals surface area contributed by atoms with Gasteiger partial charge in [-0.25, -0.2) is 0 Å². The summed E-state index contributed by atoms with van der Waals surface area (Å²) >= 11 is 0. The average molecular weight is 287 g/mol. The Labute approximate surface area is 132 Å². The molecule has 0 heteroatoms. The van der Waals surface area contributed by atoms with Gasteiger partial charge in [-0.15, -0.1) is 0 Å². The molecule has 0 heterocycles. The van der Waals surface area contributed by atoms with Gasteiger partial charge >= 0.3 is 0 Å². The lowest BCUT2D eigenvalue weighted by Crippen LogP contribution is -2.23. The summed E-state index contributed by atoms with van der Waals surface area (Å²) in [7, 11) is 0. The lowest BCUT2D eigenvalue weighted by molar-refractivity contribution is 0.178. The predicted octanol–water partition coefficient (Wildman–Crippen LogP) is 6.88. The van der Waals surface area contributed by atoms with Crippen molar-refractivity contribution in [3.8, 4) is 0 Å². The van der Waals surface area contributed by atoms with Gasteiger partial charge in [-0.2, -0.15) is 0 Å². The summed E-state index contributed by atoms with van der Waals surface area (Å²) in [6.45, 7) is 7.08. The summed E-state index contributed by atoms with van der Waals surface area (Å²) in [5.41, 5.74) is 3.68. The van der Waals surface area contributed by atoms with E-state index in [1.807, 2.05) is 0 Å². The molecule has 0 nitrogen and oxygen atoms in total. The summed E-state index contributed by atoms with van der Waals surface area (Å²) < 4.78 is 0. The molecule has 0 bridgehead atoms. The molecule has 1 aliphatic carbocycles. The van der Waals surface area contributed by atoms with Crippen LogP contribution in [-0.2, 0) is 6.42 Å². The lowest BCUT2D eigenvalue weighted by atomic mass is 9.68. The predicted molar refractivity (Wildman–Crippen MR) is 93.9 cm³/mol. The molecule has 0 aromatic heterocycles. The number of unbranched alkanes of at least 4 members (excludes halogenated alkanes) is 3. The lowest BCUT2D eigenvalue weighted by Gasteiger charge is -2.38. The number of aryl methyl sites for hydroxylation is 1. The second-order valence-electron chi connectivity index (χ2n) is 7.49. The SMILES string of the molecule is CCCCCCC1(C)CCC(c2ccc(CC)cc2)CC1. The van der Waals surface area contributed by atoms with Gasteiger partial charge in [-0.05, 0) is 61.0 Å². The summed E-state index contributed by atoms with van der Waals surface area (Å²) in [6.07, 6.45) is 13.9. The normalized spacial score (nSPS) is 26.0. The number of benzene rings is 1. The van der Waals surface area contributed by atoms with Crippen LogP contribution in [0.15, 0.2) is 24.3 Å². The highest BCUT2D eigenvalue weighted by Gasteiger charge is 2.30. The van der Waals surface area contributed by atoms with Crippen LogP contribution in [0.3, 0.4) is 0 Å². The van der Waals surface area contributed by atoms with Crippen LogP contribution in [0.2, 0.25) is 0 Å². The highest BCUT2D eigenvalue weighted by atomic mass is 14.4. The summed E-state index contributed by atoms with van der Waals surface area (Å²) in [6, 6.07) is 9.42. The first kappa shape index (κ1) is 16.6. The Morgan fingerprint density at radius 2 is 1.62 bits per heavy atom. The van der Waals surface area contributed by atoms with Crippen molar-refractivity contribution in [2.24, 2.45) is 5.41 Å². The molecule has 0 amide bonds. The molecule has 1 fully saturated rings. The molecule has 21 heavy (non-hydrogen) atoms. The maximum Gasteiger partial charge on any atom is -0.0162 e. The first-order valence-electron chi connectivity index (χ1n) is 9.25. The largest absolute Gasteiger partial charge is 0.0654 e. The fourth-order valence-corrected chi connectivity index (χ4v) is 3.90. The van der Waals surface area contributed by atoms with Crippen molar-refractivity contribution in [3.05, 3.63) is 35.4 Å². The minimum Gasteiger partial charge on any atom is -0.0654 e. The quantitative estimate of drug-likeness (QED) is 0.479. The Balaban J connectivity index is 1.81. The number of rotatable bonds is 7. The minimum atomic E-state index is 0.633. The van der Waals surface area contributed by atoms with Gasteiger partial charge in [0.05, 0.1) is 0 Å². The van der Waals surface area contributed by atoms with Gasteiger partial charge in [0, 0.05) is 0 Å². The Morgan fingerprint density at radius 1 is 0.952 bits per heavy atom. The van der Waals surface area contributed by atoms with Crippen molar-refractivity contribution < 1.29 is 0 Å². The molecular weight excluding hydrogens is 252 g/mol. The van der Waals surface area contributed by atoms with Crippen molar-refractivity contribution in [3.63, 3.8) is 0 Å². The third-order valence-corrected chi connectivity index (χ3v) is 5.69. The Hall–Kier alpha value is -0.780. The van der Waals surface area contributed by atoms with Gasteiger partial charge in [0.15, 0.2) is 0 Å². The topological polar surface area (TPSA) is 0 Å². The smallest absolute Gasteiger partial charge is 0.0162 e. The van der Waals surface area contributed by atoms with Crippen molar-refractivity contribution >= 4 is 0 Å². The van der Waals surface area contributed by atoms with E-state index in [1.165, 1.54) is 63.4 Å². The molecule has 0 N–H and O–H groups in total. The summed E-state index contributed by atoms with van der Waals surface area (Å²) in [5, 5.41) is 0.